The Hall–Kier alpha value is -3.21. The van der Waals surface area contributed by atoms with Crippen molar-refractivity contribution in [2.75, 3.05) is 30.8 Å². The number of benzene rings is 2. The zero-order chi connectivity index (χ0) is 21.6. The van der Waals surface area contributed by atoms with Crippen molar-refractivity contribution in [2.45, 2.75) is 38.1 Å². The first-order chi connectivity index (χ1) is 15.0. The Morgan fingerprint density at radius 1 is 1.06 bits per heavy atom. The average molecular weight is 415 g/mol. The SMILES string of the molecule is CNc1ccc(C(=O)N2CCC3(CC2)Nc2cc(C(C)C)ccc2-n2cccc23)cc1. The van der Waals surface area contributed by atoms with E-state index in [1.54, 1.807) is 0 Å². The number of piperidine rings is 1. The highest BCUT2D eigenvalue weighted by molar-refractivity contribution is 5.94. The highest BCUT2D eigenvalue weighted by Crippen LogP contribution is 2.44. The van der Waals surface area contributed by atoms with E-state index in [2.05, 4.69) is 65.6 Å². The lowest BCUT2D eigenvalue weighted by molar-refractivity contribution is 0.0676. The summed E-state index contributed by atoms with van der Waals surface area (Å²) in [5.74, 6) is 0.606. The second-order valence-electron chi connectivity index (χ2n) is 9.02. The van der Waals surface area contributed by atoms with Crippen LogP contribution >= 0.6 is 0 Å². The molecule has 0 bridgehead atoms. The molecule has 0 radical (unpaired) electrons. The second kappa shape index (κ2) is 7.49. The molecule has 31 heavy (non-hydrogen) atoms. The predicted octanol–water partition coefficient (Wildman–Crippen LogP) is 5.20. The van der Waals surface area contributed by atoms with Crippen LogP contribution in [0.4, 0.5) is 11.4 Å². The summed E-state index contributed by atoms with van der Waals surface area (Å²) in [6, 6.07) is 18.8. The Morgan fingerprint density at radius 3 is 2.48 bits per heavy atom. The maximum atomic E-state index is 13.1. The summed E-state index contributed by atoms with van der Waals surface area (Å²) >= 11 is 0. The quantitative estimate of drug-likeness (QED) is 0.619. The lowest BCUT2D eigenvalue weighted by atomic mass is 9.82. The summed E-state index contributed by atoms with van der Waals surface area (Å²) in [5.41, 5.74) is 6.66. The number of amides is 1. The van der Waals surface area contributed by atoms with Gasteiger partial charge >= 0.3 is 0 Å². The Bertz CT molecular complexity index is 1100. The molecule has 2 aliphatic rings. The number of likely N-dealkylation sites (tertiary alicyclic amines) is 1. The maximum absolute atomic E-state index is 13.1. The molecule has 1 amide bonds. The van der Waals surface area contributed by atoms with Crippen LogP contribution in [-0.2, 0) is 5.54 Å². The normalized spacial score (nSPS) is 16.6. The molecule has 1 aromatic heterocycles. The number of nitrogens with zero attached hydrogens (tertiary/aromatic N) is 2. The third kappa shape index (κ3) is 3.29. The molecule has 5 nitrogen and oxygen atoms in total. The molecule has 5 rings (SSSR count). The van der Waals surface area contributed by atoms with Crippen LogP contribution in [0.2, 0.25) is 0 Å². The molecule has 2 aromatic carbocycles. The number of hydrogen-bond donors (Lipinski definition) is 2. The zero-order valence-corrected chi connectivity index (χ0v) is 18.5. The Labute approximate surface area is 184 Å². The second-order valence-corrected chi connectivity index (χ2v) is 9.02. The van der Waals surface area contributed by atoms with Crippen molar-refractivity contribution in [3.8, 4) is 5.69 Å². The van der Waals surface area contributed by atoms with E-state index in [-0.39, 0.29) is 11.4 Å². The Morgan fingerprint density at radius 2 is 1.81 bits per heavy atom. The molecule has 1 spiro atoms. The molecule has 2 aliphatic heterocycles. The van der Waals surface area contributed by atoms with Gasteiger partial charge in [0.15, 0.2) is 0 Å². The fourth-order valence-corrected chi connectivity index (χ4v) is 4.96. The minimum Gasteiger partial charge on any atom is -0.388 e. The van der Waals surface area contributed by atoms with Gasteiger partial charge in [-0.2, -0.15) is 0 Å². The monoisotopic (exact) mass is 414 g/mol. The minimum absolute atomic E-state index is 0.117. The van der Waals surface area contributed by atoms with Gasteiger partial charge in [-0.1, -0.05) is 19.9 Å². The molecular formula is C26H30N4O. The lowest BCUT2D eigenvalue weighted by Gasteiger charge is -2.46. The van der Waals surface area contributed by atoms with E-state index in [1.165, 1.54) is 22.6 Å². The van der Waals surface area contributed by atoms with Crippen molar-refractivity contribution in [1.82, 2.24) is 9.47 Å². The van der Waals surface area contributed by atoms with Gasteiger partial charge in [0.1, 0.15) is 0 Å². The van der Waals surface area contributed by atoms with E-state index in [0.717, 1.165) is 37.2 Å². The summed E-state index contributed by atoms with van der Waals surface area (Å²) in [4.78, 5) is 15.1. The van der Waals surface area contributed by atoms with Crippen molar-refractivity contribution in [1.29, 1.82) is 0 Å². The summed E-state index contributed by atoms with van der Waals surface area (Å²) in [6.45, 7) is 5.94. The molecular weight excluding hydrogens is 384 g/mol. The molecule has 0 aliphatic carbocycles. The van der Waals surface area contributed by atoms with Crippen molar-refractivity contribution in [3.05, 3.63) is 77.6 Å². The topological polar surface area (TPSA) is 49.3 Å². The molecule has 2 N–H and O–H groups in total. The first-order valence-electron chi connectivity index (χ1n) is 11.2. The number of fused-ring (bicyclic) bond motifs is 4. The number of rotatable bonds is 3. The standard InChI is InChI=1S/C26H30N4O/c1-18(2)20-8-11-23-22(17-20)28-26(24-5-4-14-30(23)24)12-15-29(16-13-26)25(31)19-6-9-21(27-3)10-7-19/h4-11,14,17-18,27-28H,12-13,15-16H2,1-3H3. The summed E-state index contributed by atoms with van der Waals surface area (Å²) in [5, 5.41) is 7.00. The molecule has 0 atom stereocenters. The van der Waals surface area contributed by atoms with Crippen LogP contribution in [0.5, 0.6) is 0 Å². The van der Waals surface area contributed by atoms with E-state index in [1.807, 2.05) is 36.2 Å². The predicted molar refractivity (Wildman–Crippen MR) is 126 cm³/mol. The molecule has 3 heterocycles. The zero-order valence-electron chi connectivity index (χ0n) is 18.5. The van der Waals surface area contributed by atoms with E-state index >= 15 is 0 Å². The van der Waals surface area contributed by atoms with Gasteiger partial charge in [-0.25, -0.2) is 0 Å². The lowest BCUT2D eigenvalue weighted by Crippen LogP contribution is -2.51. The molecule has 0 unspecified atom stereocenters. The van der Waals surface area contributed by atoms with Gasteiger partial charge in [-0.15, -0.1) is 0 Å². The highest BCUT2D eigenvalue weighted by Gasteiger charge is 2.42. The largest absolute Gasteiger partial charge is 0.388 e. The van der Waals surface area contributed by atoms with E-state index in [9.17, 15) is 4.79 Å². The third-order valence-electron chi connectivity index (χ3n) is 6.88. The van der Waals surface area contributed by atoms with Crippen molar-refractivity contribution in [2.24, 2.45) is 0 Å². The molecule has 5 heteroatoms. The van der Waals surface area contributed by atoms with Gasteiger partial charge < -0.3 is 20.1 Å². The van der Waals surface area contributed by atoms with Gasteiger partial charge in [0.25, 0.3) is 5.91 Å². The third-order valence-corrected chi connectivity index (χ3v) is 6.88. The van der Waals surface area contributed by atoms with Gasteiger partial charge in [-0.05, 0) is 72.9 Å². The average Bonchev–Trinajstić information content (AvgIpc) is 3.30. The smallest absolute Gasteiger partial charge is 0.253 e. The first kappa shape index (κ1) is 19.7. The molecule has 1 saturated heterocycles. The fraction of sp³-hybridized carbons (Fsp3) is 0.346. The number of hydrogen-bond acceptors (Lipinski definition) is 3. The summed E-state index contributed by atoms with van der Waals surface area (Å²) in [6.07, 6.45) is 3.94. The number of nitrogens with one attached hydrogen (secondary N) is 2. The Kier molecular flexibility index (Phi) is 4.77. The van der Waals surface area contributed by atoms with Gasteiger partial charge in [0.05, 0.1) is 16.9 Å². The van der Waals surface area contributed by atoms with E-state index in [4.69, 9.17) is 0 Å². The van der Waals surface area contributed by atoms with Crippen LogP contribution in [0.1, 0.15) is 54.2 Å². The van der Waals surface area contributed by atoms with Crippen LogP contribution in [0.25, 0.3) is 5.69 Å². The first-order valence-corrected chi connectivity index (χ1v) is 11.2. The fourth-order valence-electron chi connectivity index (χ4n) is 4.96. The molecule has 160 valence electrons. The van der Waals surface area contributed by atoms with Crippen LogP contribution in [0, 0.1) is 0 Å². The minimum atomic E-state index is -0.140. The number of carbonyl (C=O) groups is 1. The highest BCUT2D eigenvalue weighted by atomic mass is 16.2. The van der Waals surface area contributed by atoms with Gasteiger partial charge in [0.2, 0.25) is 0 Å². The number of anilines is 2. The molecule has 1 fully saturated rings. The summed E-state index contributed by atoms with van der Waals surface area (Å²) in [7, 11) is 1.89. The van der Waals surface area contributed by atoms with Crippen LogP contribution in [0.15, 0.2) is 60.8 Å². The number of aromatic nitrogens is 1. The maximum Gasteiger partial charge on any atom is 0.253 e. The van der Waals surface area contributed by atoms with Crippen molar-refractivity contribution >= 4 is 17.3 Å². The van der Waals surface area contributed by atoms with Gasteiger partial charge in [-0.3, -0.25) is 4.79 Å². The summed E-state index contributed by atoms with van der Waals surface area (Å²) < 4.78 is 2.32. The number of carbonyl (C=O) groups excluding carboxylic acids is 1. The van der Waals surface area contributed by atoms with E-state index in [0.29, 0.717) is 5.92 Å². The van der Waals surface area contributed by atoms with E-state index < -0.39 is 0 Å². The van der Waals surface area contributed by atoms with Crippen LogP contribution in [-0.4, -0.2) is 35.5 Å². The Balaban J connectivity index is 1.39. The van der Waals surface area contributed by atoms with Crippen LogP contribution < -0.4 is 10.6 Å². The van der Waals surface area contributed by atoms with Gasteiger partial charge in [0, 0.05) is 43.3 Å². The van der Waals surface area contributed by atoms with Crippen molar-refractivity contribution < 1.29 is 4.79 Å². The molecule has 0 saturated carbocycles. The van der Waals surface area contributed by atoms with Crippen LogP contribution in [0.3, 0.4) is 0 Å². The molecule has 3 aromatic rings. The van der Waals surface area contributed by atoms with Crippen molar-refractivity contribution in [3.63, 3.8) is 0 Å².